The third kappa shape index (κ3) is 1.29. The zero-order valence-corrected chi connectivity index (χ0v) is 5.78. The molecule has 0 heterocycles. The number of carboxylic acids is 1. The number of aromatic hydroxyl groups is 2. The van der Waals surface area contributed by atoms with Gasteiger partial charge in [-0.2, -0.15) is 0 Å². The van der Waals surface area contributed by atoms with E-state index >= 15 is 0 Å². The lowest BCUT2D eigenvalue weighted by Crippen LogP contribution is -1.97. The van der Waals surface area contributed by atoms with E-state index in [9.17, 15) is 9.18 Å². The minimum Gasteiger partial charge on any atom is -0.507 e. The summed E-state index contributed by atoms with van der Waals surface area (Å²) in [5.41, 5.74) is -0.698. The molecule has 0 aromatic heterocycles. The van der Waals surface area contributed by atoms with E-state index in [4.69, 9.17) is 15.3 Å². The highest BCUT2D eigenvalue weighted by molar-refractivity contribution is 5.93. The average molecular weight is 172 g/mol. The molecule has 0 fully saturated rings. The quantitative estimate of drug-likeness (QED) is 0.588. The van der Waals surface area contributed by atoms with Crippen molar-refractivity contribution in [3.05, 3.63) is 23.5 Å². The summed E-state index contributed by atoms with van der Waals surface area (Å²) in [4.78, 5) is 10.3. The Morgan fingerprint density at radius 1 is 1.25 bits per heavy atom. The molecule has 1 aromatic carbocycles. The first kappa shape index (κ1) is 8.32. The number of phenols is 2. The Bertz CT molecular complexity index is 311. The first-order valence-corrected chi connectivity index (χ1v) is 2.97. The van der Waals surface area contributed by atoms with Gasteiger partial charge in [-0.05, 0) is 0 Å². The smallest absolute Gasteiger partial charge is 0.343 e. The molecule has 0 aliphatic rings. The van der Waals surface area contributed by atoms with Gasteiger partial charge in [-0.1, -0.05) is 0 Å². The number of rotatable bonds is 1. The van der Waals surface area contributed by atoms with Crippen LogP contribution in [0, 0.1) is 5.82 Å². The molecule has 12 heavy (non-hydrogen) atoms. The molecule has 1 aromatic rings. The van der Waals surface area contributed by atoms with Gasteiger partial charge in [0.2, 0.25) is 0 Å². The molecule has 0 aliphatic carbocycles. The lowest BCUT2D eigenvalue weighted by atomic mass is 10.2. The van der Waals surface area contributed by atoms with Gasteiger partial charge in [0.15, 0.2) is 0 Å². The molecule has 3 N–H and O–H groups in total. The normalized spacial score (nSPS) is 9.75. The van der Waals surface area contributed by atoms with Gasteiger partial charge in [0.1, 0.15) is 22.9 Å². The predicted octanol–water partition coefficient (Wildman–Crippen LogP) is 0.935. The van der Waals surface area contributed by atoms with E-state index in [-0.39, 0.29) is 0 Å². The van der Waals surface area contributed by atoms with Gasteiger partial charge in [0.05, 0.1) is 0 Å². The van der Waals surface area contributed by atoms with Crippen LogP contribution in [0.2, 0.25) is 0 Å². The molecular formula is C7H5FO4. The Labute approximate surface area is 66.5 Å². The third-order valence-corrected chi connectivity index (χ3v) is 1.28. The summed E-state index contributed by atoms with van der Waals surface area (Å²) in [6.45, 7) is 0. The van der Waals surface area contributed by atoms with Crippen molar-refractivity contribution >= 4 is 5.97 Å². The molecule has 0 saturated heterocycles. The number of aromatic carboxylic acids is 1. The highest BCUT2D eigenvalue weighted by atomic mass is 19.1. The SMILES string of the molecule is O=C(O)c1c(O)cc(F)cc1O. The zero-order valence-electron chi connectivity index (χ0n) is 5.78. The molecule has 0 atom stereocenters. The summed E-state index contributed by atoms with van der Waals surface area (Å²) in [5.74, 6) is -3.99. The predicted molar refractivity (Wildman–Crippen MR) is 36.7 cm³/mol. The van der Waals surface area contributed by atoms with Gasteiger partial charge in [-0.25, -0.2) is 9.18 Å². The Kier molecular flexibility index (Phi) is 1.86. The number of hydrogen-bond acceptors (Lipinski definition) is 3. The molecule has 0 spiro atoms. The standard InChI is InChI=1S/C7H5FO4/c8-3-1-4(9)6(7(11)12)5(10)2-3/h1-2,9-10H,(H,11,12). The molecule has 0 unspecified atom stereocenters. The highest BCUT2D eigenvalue weighted by Crippen LogP contribution is 2.27. The first-order chi connectivity index (χ1) is 5.52. The first-order valence-electron chi connectivity index (χ1n) is 2.97. The fourth-order valence-electron chi connectivity index (χ4n) is 0.798. The van der Waals surface area contributed by atoms with Crippen molar-refractivity contribution in [3.8, 4) is 11.5 Å². The van der Waals surface area contributed by atoms with Crippen LogP contribution in [0.4, 0.5) is 4.39 Å². The Balaban J connectivity index is 3.38. The minimum atomic E-state index is -1.51. The molecule has 0 radical (unpaired) electrons. The van der Waals surface area contributed by atoms with Gasteiger partial charge < -0.3 is 15.3 Å². The summed E-state index contributed by atoms with van der Waals surface area (Å²) in [5, 5.41) is 26.1. The Morgan fingerprint density at radius 2 is 1.67 bits per heavy atom. The van der Waals surface area contributed by atoms with Crippen LogP contribution in [0.5, 0.6) is 11.5 Å². The van der Waals surface area contributed by atoms with E-state index in [1.54, 1.807) is 0 Å². The molecule has 5 heteroatoms. The third-order valence-electron chi connectivity index (χ3n) is 1.28. The van der Waals surface area contributed by atoms with Crippen LogP contribution in [0.15, 0.2) is 12.1 Å². The maximum Gasteiger partial charge on any atom is 0.343 e. The van der Waals surface area contributed by atoms with Crippen molar-refractivity contribution in [2.45, 2.75) is 0 Å². The van der Waals surface area contributed by atoms with Gasteiger partial charge in [-0.3, -0.25) is 0 Å². The molecule has 64 valence electrons. The average Bonchev–Trinajstić information content (AvgIpc) is 1.82. The number of carbonyl (C=O) groups is 1. The van der Waals surface area contributed by atoms with Gasteiger partial charge in [0, 0.05) is 12.1 Å². The topological polar surface area (TPSA) is 77.8 Å². The molecule has 0 bridgehead atoms. The van der Waals surface area contributed by atoms with Gasteiger partial charge >= 0.3 is 5.97 Å². The second-order valence-corrected chi connectivity index (χ2v) is 2.12. The van der Waals surface area contributed by atoms with E-state index < -0.39 is 28.8 Å². The van der Waals surface area contributed by atoms with E-state index in [1.165, 1.54) is 0 Å². The monoisotopic (exact) mass is 172 g/mol. The second-order valence-electron chi connectivity index (χ2n) is 2.12. The van der Waals surface area contributed by atoms with Crippen molar-refractivity contribution in [2.24, 2.45) is 0 Å². The van der Waals surface area contributed by atoms with E-state index in [1.807, 2.05) is 0 Å². The lowest BCUT2D eigenvalue weighted by molar-refractivity contribution is 0.0690. The Hall–Kier alpha value is -1.78. The summed E-state index contributed by atoms with van der Waals surface area (Å²) >= 11 is 0. The fraction of sp³-hybridized carbons (Fsp3) is 0. The van der Waals surface area contributed by atoms with Crippen LogP contribution in [0.25, 0.3) is 0 Å². The molecular weight excluding hydrogens is 167 g/mol. The molecule has 1 rings (SSSR count). The largest absolute Gasteiger partial charge is 0.507 e. The van der Waals surface area contributed by atoms with Crippen LogP contribution in [0.3, 0.4) is 0 Å². The van der Waals surface area contributed by atoms with E-state index in [0.717, 1.165) is 0 Å². The molecule has 4 nitrogen and oxygen atoms in total. The molecule has 0 saturated carbocycles. The fourth-order valence-corrected chi connectivity index (χ4v) is 0.798. The van der Waals surface area contributed by atoms with Crippen molar-refractivity contribution in [1.29, 1.82) is 0 Å². The van der Waals surface area contributed by atoms with E-state index in [0.29, 0.717) is 12.1 Å². The van der Waals surface area contributed by atoms with Crippen LogP contribution in [-0.2, 0) is 0 Å². The van der Waals surface area contributed by atoms with Crippen LogP contribution in [-0.4, -0.2) is 21.3 Å². The maximum atomic E-state index is 12.4. The number of hydrogen-bond donors (Lipinski definition) is 3. The molecule has 0 amide bonds. The van der Waals surface area contributed by atoms with Gasteiger partial charge in [-0.15, -0.1) is 0 Å². The summed E-state index contributed by atoms with van der Waals surface area (Å²) in [6, 6.07) is 1.23. The van der Waals surface area contributed by atoms with E-state index in [2.05, 4.69) is 0 Å². The number of halogens is 1. The second kappa shape index (κ2) is 2.69. The number of carboxylic acid groups (broad SMARTS) is 1. The van der Waals surface area contributed by atoms with Crippen LogP contribution < -0.4 is 0 Å². The number of benzene rings is 1. The van der Waals surface area contributed by atoms with Crippen molar-refractivity contribution in [1.82, 2.24) is 0 Å². The highest BCUT2D eigenvalue weighted by Gasteiger charge is 2.16. The van der Waals surface area contributed by atoms with Crippen LogP contribution >= 0.6 is 0 Å². The molecule has 0 aliphatic heterocycles. The van der Waals surface area contributed by atoms with Crippen LogP contribution in [0.1, 0.15) is 10.4 Å². The van der Waals surface area contributed by atoms with Crippen molar-refractivity contribution in [3.63, 3.8) is 0 Å². The lowest BCUT2D eigenvalue weighted by Gasteiger charge is -2.01. The van der Waals surface area contributed by atoms with Crippen molar-refractivity contribution < 1.29 is 24.5 Å². The summed E-state index contributed by atoms with van der Waals surface area (Å²) < 4.78 is 12.4. The zero-order chi connectivity index (χ0) is 9.30. The summed E-state index contributed by atoms with van der Waals surface area (Å²) in [6.07, 6.45) is 0. The minimum absolute atomic E-state index is 0.614. The maximum absolute atomic E-state index is 12.4. The van der Waals surface area contributed by atoms with Crippen molar-refractivity contribution in [2.75, 3.05) is 0 Å². The summed E-state index contributed by atoms with van der Waals surface area (Å²) in [7, 11) is 0. The van der Waals surface area contributed by atoms with Gasteiger partial charge in [0.25, 0.3) is 0 Å². The Morgan fingerprint density at radius 3 is 2.00 bits per heavy atom.